The molecule has 72 valence electrons. The first-order valence-electron chi connectivity index (χ1n) is 4.52. The molecule has 0 aliphatic carbocycles. The molecule has 1 aromatic heterocycles. The number of aromatic nitrogens is 3. The molecule has 4 nitrogen and oxygen atoms in total. The molecule has 1 atom stereocenters. The highest BCUT2D eigenvalue weighted by Crippen LogP contribution is 2.14. The molecule has 1 fully saturated rings. The molecule has 0 aromatic carbocycles. The molecule has 13 heavy (non-hydrogen) atoms. The van der Waals surface area contributed by atoms with Crippen molar-refractivity contribution in [2.45, 2.75) is 12.8 Å². The molecule has 1 N–H and O–H groups in total. The van der Waals surface area contributed by atoms with Crippen molar-refractivity contribution in [3.05, 3.63) is 10.6 Å². The lowest BCUT2D eigenvalue weighted by molar-refractivity contribution is 0.539. The third-order valence-electron chi connectivity index (χ3n) is 2.46. The standard InChI is InChI=1S/C8H13BrN4/c1-13-7(11-8(9)12-13)4-6-2-3-10-5-6/h6,10H,2-5H2,1H3. The van der Waals surface area contributed by atoms with Gasteiger partial charge in [0.15, 0.2) is 0 Å². The lowest BCUT2D eigenvalue weighted by Gasteiger charge is -2.05. The van der Waals surface area contributed by atoms with E-state index in [1.165, 1.54) is 6.42 Å². The van der Waals surface area contributed by atoms with Gasteiger partial charge in [-0.3, -0.25) is 4.68 Å². The highest BCUT2D eigenvalue weighted by atomic mass is 79.9. The van der Waals surface area contributed by atoms with Crippen LogP contribution in [0.3, 0.4) is 0 Å². The maximum atomic E-state index is 4.31. The fourth-order valence-electron chi connectivity index (χ4n) is 1.71. The van der Waals surface area contributed by atoms with Gasteiger partial charge < -0.3 is 5.32 Å². The van der Waals surface area contributed by atoms with E-state index in [-0.39, 0.29) is 0 Å². The highest BCUT2D eigenvalue weighted by Gasteiger charge is 2.17. The van der Waals surface area contributed by atoms with E-state index in [1.807, 2.05) is 11.7 Å². The minimum atomic E-state index is 0.691. The van der Waals surface area contributed by atoms with Crippen molar-refractivity contribution in [2.75, 3.05) is 13.1 Å². The van der Waals surface area contributed by atoms with Crippen LogP contribution in [0.25, 0.3) is 0 Å². The number of hydrogen-bond donors (Lipinski definition) is 1. The van der Waals surface area contributed by atoms with Gasteiger partial charge in [-0.2, -0.15) is 0 Å². The quantitative estimate of drug-likeness (QED) is 0.835. The Hall–Kier alpha value is -0.420. The van der Waals surface area contributed by atoms with Gasteiger partial charge in [0.1, 0.15) is 5.82 Å². The monoisotopic (exact) mass is 244 g/mol. The minimum Gasteiger partial charge on any atom is -0.316 e. The van der Waals surface area contributed by atoms with Crippen molar-refractivity contribution in [2.24, 2.45) is 13.0 Å². The predicted octanol–water partition coefficient (Wildman–Crippen LogP) is 0.730. The van der Waals surface area contributed by atoms with Crippen molar-refractivity contribution in [1.82, 2.24) is 20.1 Å². The van der Waals surface area contributed by atoms with Crippen LogP contribution in [0.15, 0.2) is 4.73 Å². The third-order valence-corrected chi connectivity index (χ3v) is 2.80. The molecule has 0 bridgehead atoms. The van der Waals surface area contributed by atoms with Crippen LogP contribution in [0, 0.1) is 5.92 Å². The summed E-state index contributed by atoms with van der Waals surface area (Å²) in [6.07, 6.45) is 2.28. The molecule has 5 heteroatoms. The van der Waals surface area contributed by atoms with E-state index < -0.39 is 0 Å². The molecular weight excluding hydrogens is 232 g/mol. The van der Waals surface area contributed by atoms with Crippen molar-refractivity contribution >= 4 is 15.9 Å². The summed E-state index contributed by atoms with van der Waals surface area (Å²) >= 11 is 3.27. The van der Waals surface area contributed by atoms with Gasteiger partial charge in [0, 0.05) is 13.5 Å². The maximum Gasteiger partial charge on any atom is 0.217 e. The van der Waals surface area contributed by atoms with E-state index in [9.17, 15) is 0 Å². The van der Waals surface area contributed by atoms with E-state index in [0.29, 0.717) is 4.73 Å². The Kier molecular flexibility index (Phi) is 2.64. The zero-order valence-electron chi connectivity index (χ0n) is 7.63. The Morgan fingerprint density at radius 3 is 3.08 bits per heavy atom. The number of rotatable bonds is 2. The average Bonchev–Trinajstić information content (AvgIpc) is 2.63. The zero-order chi connectivity index (χ0) is 9.26. The molecule has 0 spiro atoms. The van der Waals surface area contributed by atoms with Crippen LogP contribution in [-0.4, -0.2) is 27.9 Å². The number of hydrogen-bond acceptors (Lipinski definition) is 3. The summed E-state index contributed by atoms with van der Waals surface area (Å²) in [5, 5.41) is 7.50. The van der Waals surface area contributed by atoms with Crippen LogP contribution in [-0.2, 0) is 13.5 Å². The topological polar surface area (TPSA) is 42.7 Å². The largest absolute Gasteiger partial charge is 0.316 e. The van der Waals surface area contributed by atoms with Crippen LogP contribution in [0.5, 0.6) is 0 Å². The molecular formula is C8H13BrN4. The Bertz CT molecular complexity index is 290. The summed E-state index contributed by atoms with van der Waals surface area (Å²) in [7, 11) is 1.94. The summed E-state index contributed by atoms with van der Waals surface area (Å²) < 4.78 is 2.54. The van der Waals surface area contributed by atoms with Gasteiger partial charge in [-0.05, 0) is 41.4 Å². The summed E-state index contributed by atoms with van der Waals surface area (Å²) in [6.45, 7) is 2.26. The van der Waals surface area contributed by atoms with E-state index in [0.717, 1.165) is 31.3 Å². The van der Waals surface area contributed by atoms with Gasteiger partial charge in [0.2, 0.25) is 4.73 Å². The SMILES string of the molecule is Cn1nc(Br)nc1CC1CCNC1. The van der Waals surface area contributed by atoms with Gasteiger partial charge in [-0.15, -0.1) is 5.10 Å². The molecule has 0 saturated carbocycles. The van der Waals surface area contributed by atoms with Crippen molar-refractivity contribution in [3.63, 3.8) is 0 Å². The molecule has 1 aliphatic rings. The first-order valence-corrected chi connectivity index (χ1v) is 5.31. The van der Waals surface area contributed by atoms with Gasteiger partial charge in [-0.1, -0.05) is 0 Å². The lowest BCUT2D eigenvalue weighted by Crippen LogP contribution is -2.13. The fourth-order valence-corrected chi connectivity index (χ4v) is 2.15. The van der Waals surface area contributed by atoms with Crippen molar-refractivity contribution in [1.29, 1.82) is 0 Å². The van der Waals surface area contributed by atoms with Crippen LogP contribution >= 0.6 is 15.9 Å². The van der Waals surface area contributed by atoms with Gasteiger partial charge in [-0.25, -0.2) is 4.98 Å². The summed E-state index contributed by atoms with van der Waals surface area (Å²) in [4.78, 5) is 4.31. The number of halogens is 1. The minimum absolute atomic E-state index is 0.691. The van der Waals surface area contributed by atoms with Crippen molar-refractivity contribution < 1.29 is 0 Å². The third kappa shape index (κ3) is 2.08. The highest BCUT2D eigenvalue weighted by molar-refractivity contribution is 9.10. The lowest BCUT2D eigenvalue weighted by atomic mass is 10.1. The molecule has 2 rings (SSSR count). The van der Waals surface area contributed by atoms with E-state index in [4.69, 9.17) is 0 Å². The number of nitrogens with zero attached hydrogens (tertiary/aromatic N) is 3. The number of aryl methyl sites for hydroxylation is 1. The van der Waals surface area contributed by atoms with E-state index in [1.54, 1.807) is 0 Å². The zero-order valence-corrected chi connectivity index (χ0v) is 9.21. The number of nitrogens with one attached hydrogen (secondary N) is 1. The van der Waals surface area contributed by atoms with E-state index in [2.05, 4.69) is 31.3 Å². The second kappa shape index (κ2) is 3.75. The van der Waals surface area contributed by atoms with Crippen LogP contribution in [0.4, 0.5) is 0 Å². The molecule has 1 saturated heterocycles. The summed E-state index contributed by atoms with van der Waals surface area (Å²) in [5.41, 5.74) is 0. The Labute approximate surface area is 85.9 Å². The second-order valence-electron chi connectivity index (χ2n) is 3.48. The molecule has 1 unspecified atom stereocenters. The Morgan fingerprint density at radius 2 is 2.54 bits per heavy atom. The molecule has 0 radical (unpaired) electrons. The smallest absolute Gasteiger partial charge is 0.217 e. The maximum absolute atomic E-state index is 4.31. The normalized spacial score (nSPS) is 22.5. The first kappa shape index (κ1) is 9.15. The molecule has 1 aliphatic heterocycles. The van der Waals surface area contributed by atoms with Crippen molar-refractivity contribution in [3.8, 4) is 0 Å². The molecule has 0 amide bonds. The molecule has 2 heterocycles. The van der Waals surface area contributed by atoms with Crippen LogP contribution < -0.4 is 5.32 Å². The van der Waals surface area contributed by atoms with Crippen LogP contribution in [0.1, 0.15) is 12.2 Å². The molecule has 1 aromatic rings. The summed E-state index contributed by atoms with van der Waals surface area (Å²) in [6, 6.07) is 0. The average molecular weight is 245 g/mol. The van der Waals surface area contributed by atoms with Crippen LogP contribution in [0.2, 0.25) is 0 Å². The van der Waals surface area contributed by atoms with E-state index >= 15 is 0 Å². The summed E-state index contributed by atoms with van der Waals surface area (Å²) in [5.74, 6) is 1.80. The Morgan fingerprint density at radius 1 is 1.69 bits per heavy atom. The predicted molar refractivity (Wildman–Crippen MR) is 53.4 cm³/mol. The second-order valence-corrected chi connectivity index (χ2v) is 4.19. The van der Waals surface area contributed by atoms with Gasteiger partial charge in [0.25, 0.3) is 0 Å². The fraction of sp³-hybridized carbons (Fsp3) is 0.750. The van der Waals surface area contributed by atoms with Gasteiger partial charge in [0.05, 0.1) is 0 Å². The Balaban J connectivity index is 2.03. The van der Waals surface area contributed by atoms with Gasteiger partial charge >= 0.3 is 0 Å². The first-order chi connectivity index (χ1) is 6.25.